The summed E-state index contributed by atoms with van der Waals surface area (Å²) in [7, 11) is 0. The van der Waals surface area contributed by atoms with Crippen molar-refractivity contribution >= 4 is 57.3 Å². The number of aromatic nitrogens is 4. The van der Waals surface area contributed by atoms with Gasteiger partial charge in [0.25, 0.3) is 11.3 Å². The Morgan fingerprint density at radius 3 is 3.04 bits per heavy atom. The third-order valence-corrected chi connectivity index (χ3v) is 4.77. The predicted octanol–water partition coefficient (Wildman–Crippen LogP) is 2.43. The van der Waals surface area contributed by atoms with Gasteiger partial charge in [-0.25, -0.2) is 9.19 Å². The summed E-state index contributed by atoms with van der Waals surface area (Å²) in [6.45, 7) is 0. The van der Waals surface area contributed by atoms with Gasteiger partial charge in [-0.15, -0.1) is 16.9 Å². The number of pyridine rings is 1. The lowest BCUT2D eigenvalue weighted by molar-refractivity contribution is 0.570. The summed E-state index contributed by atoms with van der Waals surface area (Å²) in [5.41, 5.74) is 7.99. The molecule has 1 unspecified atom stereocenters. The number of benzene rings is 1. The second-order valence-electron chi connectivity index (χ2n) is 4.45. The first kappa shape index (κ1) is 16.0. The van der Waals surface area contributed by atoms with Gasteiger partial charge in [0.15, 0.2) is 0 Å². The fourth-order valence-corrected chi connectivity index (χ4v) is 3.77. The average molecular weight is 371 g/mol. The third-order valence-electron chi connectivity index (χ3n) is 2.97. The molecule has 1 aromatic carbocycles. The van der Waals surface area contributed by atoms with Gasteiger partial charge in [-0.1, -0.05) is 17.7 Å². The Kier molecular flexibility index (Phi) is 4.66. The van der Waals surface area contributed by atoms with E-state index in [4.69, 9.17) is 21.9 Å². The molecule has 0 radical (unpaired) electrons. The highest BCUT2D eigenvalue weighted by atomic mass is 35.5. The molecule has 2 heterocycles. The second-order valence-corrected chi connectivity index (χ2v) is 6.57. The molecule has 0 spiro atoms. The molecule has 1 atom stereocenters. The molecule has 2 aromatic heterocycles. The van der Waals surface area contributed by atoms with Gasteiger partial charge in [-0.05, 0) is 18.2 Å². The smallest absolute Gasteiger partial charge is 0.259 e. The normalized spacial score (nSPS) is 12.4. The van der Waals surface area contributed by atoms with Gasteiger partial charge >= 0.3 is 0 Å². The zero-order valence-corrected chi connectivity index (χ0v) is 13.9. The number of aromatic amines is 1. The Bertz CT molecular complexity index is 887. The number of hydrogen-bond acceptors (Lipinski definition) is 6. The van der Waals surface area contributed by atoms with E-state index in [9.17, 15) is 4.21 Å². The molecule has 120 valence electrons. The number of halogens is 1. The zero-order chi connectivity index (χ0) is 16.4. The molecule has 0 amide bonds. The molecule has 0 saturated heterocycles. The molecule has 3 aromatic rings. The van der Waals surface area contributed by atoms with Crippen molar-refractivity contribution in [2.45, 2.75) is 10.6 Å². The van der Waals surface area contributed by atoms with E-state index in [-0.39, 0.29) is 0 Å². The number of nitrogens with two attached hydrogens (primary N) is 1. The minimum atomic E-state index is -2.18. The molecule has 5 N–H and O–H groups in total. The summed E-state index contributed by atoms with van der Waals surface area (Å²) in [6.07, 6.45) is 0. The van der Waals surface area contributed by atoms with Gasteiger partial charge in [-0.2, -0.15) is 10.3 Å². The van der Waals surface area contributed by atoms with Crippen molar-refractivity contribution < 1.29 is 8.76 Å². The monoisotopic (exact) mass is 370 g/mol. The average Bonchev–Trinajstić information content (AvgIpc) is 2.94. The third kappa shape index (κ3) is 3.55. The summed E-state index contributed by atoms with van der Waals surface area (Å²) in [5, 5.41) is 11.0. The van der Waals surface area contributed by atoms with Crippen LogP contribution in [-0.2, 0) is 17.0 Å². The van der Waals surface area contributed by atoms with Crippen LogP contribution in [0, 0.1) is 0 Å². The fourth-order valence-electron chi connectivity index (χ4n) is 1.98. The number of thioether (sulfide) groups is 1. The molecule has 23 heavy (non-hydrogen) atoms. The van der Waals surface area contributed by atoms with Gasteiger partial charge < -0.3 is 5.73 Å². The first-order chi connectivity index (χ1) is 11.0. The summed E-state index contributed by atoms with van der Waals surface area (Å²) in [5.74, 6) is 0.785. The Labute approximate surface area is 142 Å². The van der Waals surface area contributed by atoms with Crippen molar-refractivity contribution in [3.63, 3.8) is 0 Å². The van der Waals surface area contributed by atoms with Crippen LogP contribution in [-0.4, -0.2) is 29.2 Å². The minimum Gasteiger partial charge on any atom is -0.384 e. The molecule has 11 heteroatoms. The quantitative estimate of drug-likeness (QED) is 0.400. The van der Waals surface area contributed by atoms with E-state index in [1.807, 2.05) is 0 Å². The highest BCUT2D eigenvalue weighted by molar-refractivity contribution is 7.98. The molecule has 0 aliphatic rings. The molecule has 0 bridgehead atoms. The zero-order valence-electron chi connectivity index (χ0n) is 11.5. The maximum absolute atomic E-state index is 11.0. The number of anilines is 2. The number of nitrogen functional groups attached to an aromatic ring is 1. The first-order valence-electron chi connectivity index (χ1n) is 6.29. The van der Waals surface area contributed by atoms with E-state index < -0.39 is 11.3 Å². The first-order valence-corrected chi connectivity index (χ1v) is 8.76. The van der Waals surface area contributed by atoms with Crippen molar-refractivity contribution in [1.29, 1.82) is 0 Å². The predicted molar refractivity (Wildman–Crippen MR) is 91.5 cm³/mol. The van der Waals surface area contributed by atoms with Gasteiger partial charge in [-0.3, -0.25) is 9.27 Å². The van der Waals surface area contributed by atoms with Gasteiger partial charge in [0.1, 0.15) is 11.3 Å². The van der Waals surface area contributed by atoms with Gasteiger partial charge in [0, 0.05) is 21.2 Å². The van der Waals surface area contributed by atoms with Crippen molar-refractivity contribution in [2.75, 3.05) is 10.5 Å². The van der Waals surface area contributed by atoms with Crippen molar-refractivity contribution in [3.05, 3.63) is 34.9 Å². The van der Waals surface area contributed by atoms with Crippen molar-refractivity contribution in [1.82, 2.24) is 20.4 Å². The van der Waals surface area contributed by atoms with E-state index in [0.29, 0.717) is 39.0 Å². The highest BCUT2D eigenvalue weighted by Gasteiger charge is 2.13. The van der Waals surface area contributed by atoms with Crippen LogP contribution in [0.25, 0.3) is 11.2 Å². The van der Waals surface area contributed by atoms with Crippen molar-refractivity contribution in [2.24, 2.45) is 0 Å². The Balaban J connectivity index is 1.91. The minimum absolute atomic E-state index is 0.336. The SMILES string of the molecule is Nc1cc(SCc2c(Cl)cccc2NS(=O)O)c2n[nH]nc2n1. The van der Waals surface area contributed by atoms with Crippen LogP contribution in [0.15, 0.2) is 29.2 Å². The lowest BCUT2D eigenvalue weighted by Crippen LogP contribution is -2.04. The number of nitrogens with zero attached hydrogens (tertiary/aromatic N) is 3. The lowest BCUT2D eigenvalue weighted by atomic mass is 10.2. The number of H-pyrrole nitrogens is 1. The van der Waals surface area contributed by atoms with E-state index in [1.165, 1.54) is 11.8 Å². The molecular formula is C12H11ClN6O2S2. The van der Waals surface area contributed by atoms with Crippen LogP contribution in [0.3, 0.4) is 0 Å². The maximum atomic E-state index is 11.0. The second kappa shape index (κ2) is 6.71. The van der Waals surface area contributed by atoms with Gasteiger partial charge in [0.2, 0.25) is 5.65 Å². The molecule has 0 aliphatic carbocycles. The van der Waals surface area contributed by atoms with E-state index >= 15 is 0 Å². The summed E-state index contributed by atoms with van der Waals surface area (Å²) in [4.78, 5) is 4.86. The van der Waals surface area contributed by atoms with Gasteiger partial charge in [0.05, 0.1) is 5.69 Å². The largest absolute Gasteiger partial charge is 0.384 e. The van der Waals surface area contributed by atoms with Crippen LogP contribution >= 0.6 is 23.4 Å². The molecular weight excluding hydrogens is 360 g/mol. The Hall–Kier alpha value is -1.88. The summed E-state index contributed by atoms with van der Waals surface area (Å²) >= 11 is 5.45. The maximum Gasteiger partial charge on any atom is 0.259 e. The molecule has 8 nitrogen and oxygen atoms in total. The number of nitrogens with one attached hydrogen (secondary N) is 2. The summed E-state index contributed by atoms with van der Waals surface area (Å²) in [6, 6.07) is 6.80. The van der Waals surface area contributed by atoms with Crippen LogP contribution in [0.1, 0.15) is 5.56 Å². The topological polar surface area (TPSA) is 130 Å². The fraction of sp³-hybridized carbons (Fsp3) is 0.0833. The van der Waals surface area contributed by atoms with Crippen LogP contribution in [0.2, 0.25) is 5.02 Å². The molecule has 0 aliphatic heterocycles. The highest BCUT2D eigenvalue weighted by Crippen LogP contribution is 2.34. The lowest BCUT2D eigenvalue weighted by Gasteiger charge is -2.11. The molecule has 0 saturated carbocycles. The number of hydrogen-bond donors (Lipinski definition) is 4. The Morgan fingerprint density at radius 1 is 1.43 bits per heavy atom. The van der Waals surface area contributed by atoms with E-state index in [0.717, 1.165) is 4.90 Å². The van der Waals surface area contributed by atoms with Crippen LogP contribution in [0.5, 0.6) is 0 Å². The summed E-state index contributed by atoms with van der Waals surface area (Å²) < 4.78 is 22.5. The number of fused-ring (bicyclic) bond motifs is 1. The molecule has 0 fully saturated rings. The number of rotatable bonds is 5. The van der Waals surface area contributed by atoms with E-state index in [1.54, 1.807) is 24.3 Å². The van der Waals surface area contributed by atoms with Crippen LogP contribution < -0.4 is 10.5 Å². The Morgan fingerprint density at radius 2 is 2.26 bits per heavy atom. The van der Waals surface area contributed by atoms with Crippen molar-refractivity contribution in [3.8, 4) is 0 Å². The van der Waals surface area contributed by atoms with Crippen LogP contribution in [0.4, 0.5) is 11.5 Å². The molecule has 3 rings (SSSR count). The standard InChI is InChI=1S/C12H11ClN6O2S2/c13-7-2-1-3-8(18-23(20)21)6(7)5-22-9-4-10(14)15-12-11(9)16-19-17-12/h1-4,18H,5H2,(H,20,21)(H3,14,15,16,17,19). The van der Waals surface area contributed by atoms with E-state index in [2.05, 4.69) is 25.1 Å².